The van der Waals surface area contributed by atoms with Crippen molar-refractivity contribution < 1.29 is 14.5 Å². The van der Waals surface area contributed by atoms with Gasteiger partial charge in [-0.3, -0.25) is 19.7 Å². The Morgan fingerprint density at radius 1 is 1.15 bits per heavy atom. The van der Waals surface area contributed by atoms with E-state index in [1.807, 2.05) is 0 Å². The molecule has 0 aliphatic carbocycles. The van der Waals surface area contributed by atoms with E-state index in [4.69, 9.17) is 0 Å². The molecule has 2 aromatic rings. The second-order valence-corrected chi connectivity index (χ2v) is 4.22. The van der Waals surface area contributed by atoms with E-state index in [9.17, 15) is 19.7 Å². The summed E-state index contributed by atoms with van der Waals surface area (Å²) in [5, 5.41) is 10.7. The van der Waals surface area contributed by atoms with Crippen LogP contribution < -0.4 is 0 Å². The van der Waals surface area contributed by atoms with Gasteiger partial charge in [-0.05, 0) is 11.6 Å². The molecule has 0 radical (unpaired) electrons. The van der Waals surface area contributed by atoms with Crippen molar-refractivity contribution in [1.82, 2.24) is 0 Å². The molecular weight excluding hydrogens is 258 g/mol. The summed E-state index contributed by atoms with van der Waals surface area (Å²) < 4.78 is 0. The van der Waals surface area contributed by atoms with Gasteiger partial charge >= 0.3 is 0 Å². The largest absolute Gasteiger partial charge is 0.298 e. The number of ketones is 1. The van der Waals surface area contributed by atoms with Gasteiger partial charge in [-0.1, -0.05) is 30.3 Å². The van der Waals surface area contributed by atoms with E-state index in [2.05, 4.69) is 0 Å². The molecule has 2 rings (SSSR count). The lowest BCUT2D eigenvalue weighted by molar-refractivity contribution is -0.384. The maximum Gasteiger partial charge on any atom is 0.269 e. The van der Waals surface area contributed by atoms with Gasteiger partial charge in [0, 0.05) is 29.7 Å². The van der Waals surface area contributed by atoms with Crippen LogP contribution in [0.5, 0.6) is 0 Å². The summed E-state index contributed by atoms with van der Waals surface area (Å²) in [6, 6.07) is 12.5. The lowest BCUT2D eigenvalue weighted by Crippen LogP contribution is -2.06. The van der Waals surface area contributed by atoms with Crippen molar-refractivity contribution in [3.63, 3.8) is 0 Å². The van der Waals surface area contributed by atoms with E-state index in [0.717, 1.165) is 0 Å². The predicted octanol–water partition coefficient (Wildman–Crippen LogP) is 2.83. The standard InChI is InChI=1S/C15H11NO4/c17-10-12-6-7-14(16(19)20)8-13(12)9-15(18)11-4-2-1-3-5-11/h1-8,10H,9H2. The van der Waals surface area contributed by atoms with Crippen molar-refractivity contribution in [3.05, 3.63) is 75.3 Å². The summed E-state index contributed by atoms with van der Waals surface area (Å²) in [7, 11) is 0. The van der Waals surface area contributed by atoms with E-state index < -0.39 is 4.92 Å². The van der Waals surface area contributed by atoms with Gasteiger partial charge in [0.15, 0.2) is 5.78 Å². The number of carbonyl (C=O) groups excluding carboxylic acids is 2. The summed E-state index contributed by atoms with van der Waals surface area (Å²) in [6.45, 7) is 0. The third-order valence-electron chi connectivity index (χ3n) is 2.91. The number of aldehydes is 1. The molecule has 0 atom stereocenters. The first kappa shape index (κ1) is 13.6. The highest BCUT2D eigenvalue weighted by Crippen LogP contribution is 2.18. The average Bonchev–Trinajstić information content (AvgIpc) is 2.48. The first-order chi connectivity index (χ1) is 9.61. The van der Waals surface area contributed by atoms with Crippen LogP contribution in [0.3, 0.4) is 0 Å². The molecule has 0 aliphatic heterocycles. The van der Waals surface area contributed by atoms with Crippen LogP contribution in [0, 0.1) is 10.1 Å². The minimum absolute atomic E-state index is 0.0419. The summed E-state index contributed by atoms with van der Waals surface area (Å²) in [5.41, 5.74) is 1.03. The van der Waals surface area contributed by atoms with E-state index in [0.29, 0.717) is 23.0 Å². The zero-order chi connectivity index (χ0) is 14.5. The van der Waals surface area contributed by atoms with Gasteiger partial charge in [0.05, 0.1) is 4.92 Å². The smallest absolute Gasteiger partial charge is 0.269 e. The number of hydrogen-bond acceptors (Lipinski definition) is 4. The molecule has 0 saturated heterocycles. The van der Waals surface area contributed by atoms with E-state index >= 15 is 0 Å². The molecule has 20 heavy (non-hydrogen) atoms. The zero-order valence-corrected chi connectivity index (χ0v) is 10.5. The molecule has 0 N–H and O–H groups in total. The second kappa shape index (κ2) is 5.88. The molecule has 0 heterocycles. The Morgan fingerprint density at radius 2 is 1.85 bits per heavy atom. The van der Waals surface area contributed by atoms with Crippen LogP contribution in [0.15, 0.2) is 48.5 Å². The third kappa shape index (κ3) is 2.95. The van der Waals surface area contributed by atoms with Gasteiger partial charge in [0.2, 0.25) is 0 Å². The molecule has 0 fully saturated rings. The average molecular weight is 269 g/mol. The van der Waals surface area contributed by atoms with Gasteiger partial charge < -0.3 is 0 Å². The van der Waals surface area contributed by atoms with E-state index in [-0.39, 0.29) is 17.9 Å². The van der Waals surface area contributed by atoms with Crippen molar-refractivity contribution in [2.24, 2.45) is 0 Å². The number of rotatable bonds is 5. The number of nitro groups is 1. The Labute approximate surface area is 115 Å². The highest BCUT2D eigenvalue weighted by molar-refractivity contribution is 5.98. The van der Waals surface area contributed by atoms with Crippen molar-refractivity contribution in [3.8, 4) is 0 Å². The van der Waals surface area contributed by atoms with E-state index in [1.165, 1.54) is 18.2 Å². The van der Waals surface area contributed by atoms with Crippen molar-refractivity contribution >= 4 is 17.8 Å². The quantitative estimate of drug-likeness (QED) is 0.362. The first-order valence-electron chi connectivity index (χ1n) is 5.92. The monoisotopic (exact) mass is 269 g/mol. The Balaban J connectivity index is 2.32. The number of hydrogen-bond donors (Lipinski definition) is 0. The first-order valence-corrected chi connectivity index (χ1v) is 5.92. The summed E-state index contributed by atoms with van der Waals surface area (Å²) >= 11 is 0. The van der Waals surface area contributed by atoms with Crippen LogP contribution in [-0.2, 0) is 6.42 Å². The molecule has 5 heteroatoms. The lowest BCUT2D eigenvalue weighted by Gasteiger charge is -2.04. The maximum absolute atomic E-state index is 12.1. The number of non-ortho nitro benzene ring substituents is 1. The molecule has 5 nitrogen and oxygen atoms in total. The SMILES string of the molecule is O=Cc1ccc([N+](=O)[O-])cc1CC(=O)c1ccccc1. The van der Waals surface area contributed by atoms with Crippen molar-refractivity contribution in [2.45, 2.75) is 6.42 Å². The minimum Gasteiger partial charge on any atom is -0.298 e. The fourth-order valence-corrected chi connectivity index (χ4v) is 1.87. The minimum atomic E-state index is -0.551. The Morgan fingerprint density at radius 3 is 2.45 bits per heavy atom. The summed E-state index contributed by atoms with van der Waals surface area (Å²) in [4.78, 5) is 33.2. The van der Waals surface area contributed by atoms with Crippen LogP contribution >= 0.6 is 0 Å². The Kier molecular flexibility index (Phi) is 4.00. The second-order valence-electron chi connectivity index (χ2n) is 4.22. The van der Waals surface area contributed by atoms with Gasteiger partial charge in [-0.2, -0.15) is 0 Å². The van der Waals surface area contributed by atoms with Crippen LogP contribution in [0.4, 0.5) is 5.69 Å². The van der Waals surface area contributed by atoms with Crippen molar-refractivity contribution in [2.75, 3.05) is 0 Å². The molecule has 2 aromatic carbocycles. The molecule has 0 bridgehead atoms. The number of nitro benzene ring substituents is 1. The molecule has 0 aliphatic rings. The van der Waals surface area contributed by atoms with E-state index in [1.54, 1.807) is 30.3 Å². The van der Waals surface area contributed by atoms with Gasteiger partial charge in [0.1, 0.15) is 6.29 Å². The number of nitrogens with zero attached hydrogens (tertiary/aromatic N) is 1. The van der Waals surface area contributed by atoms with Crippen molar-refractivity contribution in [1.29, 1.82) is 0 Å². The number of Topliss-reactive ketones (excluding diaryl/α,β-unsaturated/α-hetero) is 1. The summed E-state index contributed by atoms with van der Waals surface area (Å²) in [6.07, 6.45) is 0.553. The van der Waals surface area contributed by atoms with Gasteiger partial charge in [-0.15, -0.1) is 0 Å². The molecular formula is C15H11NO4. The fourth-order valence-electron chi connectivity index (χ4n) is 1.87. The molecule has 100 valence electrons. The predicted molar refractivity (Wildman–Crippen MR) is 73.0 cm³/mol. The fraction of sp³-hybridized carbons (Fsp3) is 0.0667. The van der Waals surface area contributed by atoms with Gasteiger partial charge in [-0.25, -0.2) is 0 Å². The Bertz CT molecular complexity index is 665. The number of carbonyl (C=O) groups is 2. The third-order valence-corrected chi connectivity index (χ3v) is 2.91. The lowest BCUT2D eigenvalue weighted by atomic mass is 9.99. The number of benzene rings is 2. The zero-order valence-electron chi connectivity index (χ0n) is 10.5. The molecule has 0 saturated carbocycles. The molecule has 0 amide bonds. The normalized spacial score (nSPS) is 10.0. The topological polar surface area (TPSA) is 77.3 Å². The van der Waals surface area contributed by atoms with Crippen LogP contribution in [0.1, 0.15) is 26.3 Å². The Hall–Kier alpha value is -2.82. The molecule has 0 aromatic heterocycles. The highest BCUT2D eigenvalue weighted by atomic mass is 16.6. The maximum atomic E-state index is 12.1. The van der Waals surface area contributed by atoms with Gasteiger partial charge in [0.25, 0.3) is 5.69 Å². The van der Waals surface area contributed by atoms with Crippen LogP contribution in [0.25, 0.3) is 0 Å². The van der Waals surface area contributed by atoms with Crippen LogP contribution in [-0.4, -0.2) is 17.0 Å². The van der Waals surface area contributed by atoms with Crippen LogP contribution in [0.2, 0.25) is 0 Å². The molecule has 0 spiro atoms. The summed E-state index contributed by atoms with van der Waals surface area (Å²) in [5.74, 6) is -0.186. The molecule has 0 unspecified atom stereocenters. The highest BCUT2D eigenvalue weighted by Gasteiger charge is 2.14.